The number of piperidine rings is 1. The van der Waals surface area contributed by atoms with Crippen LogP contribution in [0.3, 0.4) is 0 Å². The molecule has 2 unspecified atom stereocenters. The summed E-state index contributed by atoms with van der Waals surface area (Å²) in [5.41, 5.74) is 0.906. The number of nitrogens with one attached hydrogen (secondary N) is 3. The molecule has 13 heteroatoms. The fourth-order valence-electron chi connectivity index (χ4n) is 4.72. The van der Waals surface area contributed by atoms with Gasteiger partial charge in [0.05, 0.1) is 64.0 Å². The Labute approximate surface area is 258 Å². The number of carbonyl (C=O) groups is 5. The van der Waals surface area contributed by atoms with Gasteiger partial charge in [-0.2, -0.15) is 0 Å². The fourth-order valence-corrected chi connectivity index (χ4v) is 4.72. The molecule has 2 atom stereocenters. The lowest BCUT2D eigenvalue weighted by atomic mass is 10.0. The number of allylic oxidation sites excluding steroid dienone is 1. The van der Waals surface area contributed by atoms with Crippen molar-refractivity contribution in [2.75, 3.05) is 64.7 Å². The minimum absolute atomic E-state index is 0.0248. The Morgan fingerprint density at radius 3 is 2.27 bits per heavy atom. The molecule has 3 rings (SSSR count). The largest absolute Gasteiger partial charge is 0.382 e. The van der Waals surface area contributed by atoms with Crippen molar-refractivity contribution < 1.29 is 42.9 Å². The van der Waals surface area contributed by atoms with Crippen molar-refractivity contribution in [3.8, 4) is 0 Å². The quantitative estimate of drug-likeness (QED) is 0.106. The second kappa shape index (κ2) is 18.9. The number of imide groups is 2. The first-order chi connectivity index (χ1) is 21.3. The van der Waals surface area contributed by atoms with Crippen LogP contribution in [0.1, 0.15) is 66.7 Å². The highest BCUT2D eigenvalue weighted by Gasteiger charge is 2.45. The lowest BCUT2D eigenvalue weighted by Crippen LogP contribution is -2.54. The molecule has 0 aliphatic carbocycles. The van der Waals surface area contributed by atoms with E-state index in [0.29, 0.717) is 71.5 Å². The average molecular weight is 617 g/mol. The minimum atomic E-state index is -1.01. The van der Waals surface area contributed by atoms with Crippen LogP contribution >= 0.6 is 0 Å². The van der Waals surface area contributed by atoms with Crippen LogP contribution in [0.2, 0.25) is 0 Å². The van der Waals surface area contributed by atoms with E-state index in [1.807, 2.05) is 6.92 Å². The summed E-state index contributed by atoms with van der Waals surface area (Å²) in [6, 6.07) is 4.00. The summed E-state index contributed by atoms with van der Waals surface area (Å²) < 4.78 is 22.0. The maximum atomic E-state index is 13.1. The summed E-state index contributed by atoms with van der Waals surface area (Å²) >= 11 is 0. The van der Waals surface area contributed by atoms with Crippen LogP contribution in [0.5, 0.6) is 0 Å². The van der Waals surface area contributed by atoms with Gasteiger partial charge >= 0.3 is 0 Å². The van der Waals surface area contributed by atoms with E-state index in [0.717, 1.165) is 17.7 Å². The van der Waals surface area contributed by atoms with Gasteiger partial charge in [-0.1, -0.05) is 25.1 Å². The second-order valence-corrected chi connectivity index (χ2v) is 10.4. The Morgan fingerprint density at radius 1 is 0.955 bits per heavy atom. The fraction of sp³-hybridized carbons (Fsp3) is 0.581. The Kier molecular flexibility index (Phi) is 15.0. The van der Waals surface area contributed by atoms with Gasteiger partial charge in [0.1, 0.15) is 6.04 Å². The van der Waals surface area contributed by atoms with Crippen LogP contribution in [0.15, 0.2) is 30.4 Å². The van der Waals surface area contributed by atoms with Gasteiger partial charge in [0.25, 0.3) is 11.8 Å². The summed E-state index contributed by atoms with van der Waals surface area (Å²) in [4.78, 5) is 62.6. The average Bonchev–Trinajstić information content (AvgIpc) is 3.25. The van der Waals surface area contributed by atoms with Crippen LogP contribution in [0, 0.1) is 0 Å². The third-order valence-corrected chi connectivity index (χ3v) is 6.92. The number of hydrogen-bond acceptors (Lipinski definition) is 10. The van der Waals surface area contributed by atoms with Crippen molar-refractivity contribution in [3.05, 3.63) is 41.5 Å². The van der Waals surface area contributed by atoms with E-state index in [2.05, 4.69) is 35.0 Å². The molecule has 1 aromatic carbocycles. The predicted molar refractivity (Wildman–Crippen MR) is 161 cm³/mol. The Morgan fingerprint density at radius 2 is 1.61 bits per heavy atom. The summed E-state index contributed by atoms with van der Waals surface area (Å²) in [6.07, 6.45) is 6.45. The van der Waals surface area contributed by atoms with Crippen molar-refractivity contribution in [2.45, 2.75) is 58.0 Å². The molecule has 0 bridgehead atoms. The van der Waals surface area contributed by atoms with E-state index in [1.165, 1.54) is 0 Å². The van der Waals surface area contributed by atoms with E-state index in [-0.39, 0.29) is 35.9 Å². The van der Waals surface area contributed by atoms with Crippen LogP contribution in [-0.2, 0) is 33.3 Å². The highest BCUT2D eigenvalue weighted by molar-refractivity contribution is 6.25. The number of benzene rings is 1. The first kappa shape index (κ1) is 34.8. The molecule has 2 aliphatic heterocycles. The standard InChI is InChI=1S/C31H44N4O9/c1-3-4-5-7-22(2)33-27(37)12-14-41-16-18-43-20-21-44-19-17-42-15-13-32-24-9-6-8-23-28(24)31(40)35(30(23)39)25-10-11-26(36)34-29(25)38/h4-6,8-9,22,25,32H,3,7,10-21H2,1-2H3,(H,33,37)(H,34,36,38)/b5-4-. The molecule has 1 aromatic rings. The normalized spacial score (nSPS) is 17.2. The van der Waals surface area contributed by atoms with Gasteiger partial charge in [0.2, 0.25) is 17.7 Å². The van der Waals surface area contributed by atoms with E-state index < -0.39 is 29.7 Å². The second-order valence-electron chi connectivity index (χ2n) is 10.4. The maximum absolute atomic E-state index is 13.1. The molecule has 242 valence electrons. The number of fused-ring (bicyclic) bond motifs is 1. The summed E-state index contributed by atoms with van der Waals surface area (Å²) in [7, 11) is 0. The number of carbonyl (C=O) groups excluding carboxylic acids is 5. The zero-order valence-corrected chi connectivity index (χ0v) is 25.6. The van der Waals surface area contributed by atoms with Gasteiger partial charge in [-0.25, -0.2) is 0 Å². The first-order valence-corrected chi connectivity index (χ1v) is 15.2. The summed E-state index contributed by atoms with van der Waals surface area (Å²) in [5, 5.41) is 8.26. The Bertz CT molecular complexity index is 1170. The SMILES string of the molecule is CC/C=C\CC(C)NC(=O)CCOCCOCCOCCOCCNc1cccc2c1C(=O)N(C1CCC(=O)NC1=O)C2=O. The van der Waals surface area contributed by atoms with E-state index >= 15 is 0 Å². The topological polar surface area (TPSA) is 162 Å². The van der Waals surface area contributed by atoms with Gasteiger partial charge in [-0.05, 0) is 38.3 Å². The Hall–Kier alpha value is -3.65. The number of rotatable bonds is 21. The van der Waals surface area contributed by atoms with E-state index in [1.54, 1.807) is 18.2 Å². The van der Waals surface area contributed by atoms with E-state index in [9.17, 15) is 24.0 Å². The van der Waals surface area contributed by atoms with Gasteiger partial charge in [-0.15, -0.1) is 0 Å². The number of nitrogens with zero attached hydrogens (tertiary/aromatic N) is 1. The lowest BCUT2D eigenvalue weighted by Gasteiger charge is -2.27. The van der Waals surface area contributed by atoms with Crippen molar-refractivity contribution in [2.24, 2.45) is 0 Å². The zero-order valence-electron chi connectivity index (χ0n) is 25.6. The summed E-state index contributed by atoms with van der Waals surface area (Å²) in [6.45, 7) is 7.51. The Balaban J connectivity index is 1.19. The van der Waals surface area contributed by atoms with Crippen molar-refractivity contribution in [3.63, 3.8) is 0 Å². The third-order valence-electron chi connectivity index (χ3n) is 6.92. The third kappa shape index (κ3) is 10.8. The van der Waals surface area contributed by atoms with Gasteiger partial charge in [-0.3, -0.25) is 34.2 Å². The van der Waals surface area contributed by atoms with Gasteiger partial charge < -0.3 is 29.6 Å². The molecule has 0 saturated carbocycles. The van der Waals surface area contributed by atoms with E-state index in [4.69, 9.17) is 18.9 Å². The van der Waals surface area contributed by atoms with Crippen LogP contribution in [0.4, 0.5) is 5.69 Å². The highest BCUT2D eigenvalue weighted by Crippen LogP contribution is 2.32. The molecule has 13 nitrogen and oxygen atoms in total. The smallest absolute Gasteiger partial charge is 0.264 e. The molecule has 0 radical (unpaired) electrons. The first-order valence-electron chi connectivity index (χ1n) is 15.2. The molecule has 5 amide bonds. The zero-order chi connectivity index (χ0) is 31.7. The molecule has 0 aromatic heterocycles. The van der Waals surface area contributed by atoms with Crippen LogP contribution in [0.25, 0.3) is 0 Å². The van der Waals surface area contributed by atoms with Crippen molar-refractivity contribution in [1.82, 2.24) is 15.5 Å². The van der Waals surface area contributed by atoms with Gasteiger partial charge in [0.15, 0.2) is 0 Å². The molecular weight excluding hydrogens is 572 g/mol. The molecule has 2 heterocycles. The van der Waals surface area contributed by atoms with Crippen LogP contribution in [-0.4, -0.2) is 106 Å². The maximum Gasteiger partial charge on any atom is 0.264 e. The monoisotopic (exact) mass is 616 g/mol. The molecule has 3 N–H and O–H groups in total. The molecular formula is C31H44N4O9. The number of amides is 5. The lowest BCUT2D eigenvalue weighted by molar-refractivity contribution is -0.136. The van der Waals surface area contributed by atoms with Crippen LogP contribution < -0.4 is 16.0 Å². The highest BCUT2D eigenvalue weighted by atomic mass is 16.6. The molecule has 0 spiro atoms. The van der Waals surface area contributed by atoms with Crippen molar-refractivity contribution in [1.29, 1.82) is 0 Å². The number of ether oxygens (including phenoxy) is 4. The number of anilines is 1. The molecule has 44 heavy (non-hydrogen) atoms. The molecule has 1 fully saturated rings. The molecule has 2 aliphatic rings. The number of hydrogen-bond donors (Lipinski definition) is 3. The van der Waals surface area contributed by atoms with Crippen molar-refractivity contribution >= 4 is 35.2 Å². The molecule has 1 saturated heterocycles. The predicted octanol–water partition coefficient (Wildman–Crippen LogP) is 1.82. The minimum Gasteiger partial charge on any atom is -0.382 e. The summed E-state index contributed by atoms with van der Waals surface area (Å²) in [5.74, 6) is -2.19. The van der Waals surface area contributed by atoms with Gasteiger partial charge in [0, 0.05) is 31.1 Å².